The molecule has 58 valence electrons. The van der Waals surface area contributed by atoms with Gasteiger partial charge in [0, 0.05) is 5.69 Å². The second-order valence-electron chi connectivity index (χ2n) is 2.27. The molecular weight excluding hydrogens is 154 g/mol. The smallest absolute Gasteiger partial charge is 0.0443 e. The van der Waals surface area contributed by atoms with E-state index in [1.54, 1.807) is 0 Å². The Hall–Kier alpha value is -0.890. The standard InChI is InChI=1S/C9H11NS/c1-8(2)11-10-9-6-4-3-5-7-9/h3-7,10H,1H2,2H3. The number of allylic oxidation sites excluding steroid dienone is 1. The molecule has 0 unspecified atom stereocenters. The van der Waals surface area contributed by atoms with Crippen molar-refractivity contribution in [2.24, 2.45) is 0 Å². The Morgan fingerprint density at radius 3 is 2.55 bits per heavy atom. The van der Waals surface area contributed by atoms with E-state index in [1.165, 1.54) is 11.9 Å². The van der Waals surface area contributed by atoms with Gasteiger partial charge in [-0.3, -0.25) is 0 Å². The summed E-state index contributed by atoms with van der Waals surface area (Å²) < 4.78 is 3.16. The van der Waals surface area contributed by atoms with Gasteiger partial charge in [0.2, 0.25) is 0 Å². The quantitative estimate of drug-likeness (QED) is 0.690. The Labute approximate surface area is 71.6 Å². The van der Waals surface area contributed by atoms with E-state index in [0.717, 1.165) is 10.6 Å². The molecule has 0 aliphatic carbocycles. The Morgan fingerprint density at radius 1 is 1.36 bits per heavy atom. The molecule has 0 amide bonds. The minimum Gasteiger partial charge on any atom is -0.326 e. The number of hydrogen-bond donors (Lipinski definition) is 1. The molecule has 1 aromatic carbocycles. The summed E-state index contributed by atoms with van der Waals surface area (Å²) in [6.45, 7) is 5.74. The maximum Gasteiger partial charge on any atom is 0.0443 e. The van der Waals surface area contributed by atoms with Crippen LogP contribution in [-0.2, 0) is 0 Å². The van der Waals surface area contributed by atoms with Gasteiger partial charge < -0.3 is 4.72 Å². The number of hydrogen-bond acceptors (Lipinski definition) is 2. The molecule has 1 nitrogen and oxygen atoms in total. The summed E-state index contributed by atoms with van der Waals surface area (Å²) in [6, 6.07) is 10.0. The number of nitrogens with one attached hydrogen (secondary N) is 1. The summed E-state index contributed by atoms with van der Waals surface area (Å²) in [5.41, 5.74) is 1.11. The van der Waals surface area contributed by atoms with Crippen LogP contribution in [0.1, 0.15) is 6.92 Å². The van der Waals surface area contributed by atoms with Crippen LogP contribution < -0.4 is 4.72 Å². The molecule has 0 spiro atoms. The van der Waals surface area contributed by atoms with Crippen molar-refractivity contribution in [1.82, 2.24) is 0 Å². The number of benzene rings is 1. The molecule has 0 radical (unpaired) electrons. The second kappa shape index (κ2) is 4.09. The highest BCUT2D eigenvalue weighted by Gasteiger charge is 1.88. The zero-order valence-corrected chi connectivity index (χ0v) is 7.32. The molecule has 2 heteroatoms. The van der Waals surface area contributed by atoms with Crippen molar-refractivity contribution in [2.45, 2.75) is 6.92 Å². The van der Waals surface area contributed by atoms with Crippen molar-refractivity contribution in [2.75, 3.05) is 4.72 Å². The summed E-state index contributed by atoms with van der Waals surface area (Å²) >= 11 is 1.54. The summed E-state index contributed by atoms with van der Waals surface area (Å²) in [7, 11) is 0. The number of para-hydroxylation sites is 1. The SMILES string of the molecule is C=C(C)SNc1ccccc1. The molecule has 0 aromatic heterocycles. The van der Waals surface area contributed by atoms with Gasteiger partial charge in [0.05, 0.1) is 0 Å². The molecule has 0 saturated heterocycles. The molecule has 0 saturated carbocycles. The lowest BCUT2D eigenvalue weighted by molar-refractivity contribution is 1.67. The first-order chi connectivity index (χ1) is 5.29. The van der Waals surface area contributed by atoms with Crippen molar-refractivity contribution in [3.05, 3.63) is 41.8 Å². The lowest BCUT2D eigenvalue weighted by Gasteiger charge is -2.02. The van der Waals surface area contributed by atoms with Gasteiger partial charge >= 0.3 is 0 Å². The first-order valence-corrected chi connectivity index (χ1v) is 4.24. The van der Waals surface area contributed by atoms with Crippen LogP contribution in [0.5, 0.6) is 0 Å². The van der Waals surface area contributed by atoms with Crippen LogP contribution in [0.25, 0.3) is 0 Å². The summed E-state index contributed by atoms with van der Waals surface area (Å²) in [4.78, 5) is 1.06. The Kier molecular flexibility index (Phi) is 3.05. The topological polar surface area (TPSA) is 12.0 Å². The van der Waals surface area contributed by atoms with Crippen molar-refractivity contribution in [3.63, 3.8) is 0 Å². The first-order valence-electron chi connectivity index (χ1n) is 3.42. The average molecular weight is 165 g/mol. The van der Waals surface area contributed by atoms with Crippen LogP contribution in [0.15, 0.2) is 41.8 Å². The molecule has 1 aromatic rings. The fraction of sp³-hybridized carbons (Fsp3) is 0.111. The van der Waals surface area contributed by atoms with Gasteiger partial charge in [0.25, 0.3) is 0 Å². The summed E-state index contributed by atoms with van der Waals surface area (Å²) in [5, 5.41) is 0. The molecule has 1 rings (SSSR count). The molecular formula is C9H11NS. The molecule has 0 fully saturated rings. The van der Waals surface area contributed by atoms with Crippen molar-refractivity contribution in [1.29, 1.82) is 0 Å². The normalized spacial score (nSPS) is 9.18. The first kappa shape index (κ1) is 8.21. The largest absolute Gasteiger partial charge is 0.326 e. The lowest BCUT2D eigenvalue weighted by Crippen LogP contribution is -1.83. The molecule has 0 aliphatic rings. The zero-order chi connectivity index (χ0) is 8.10. The van der Waals surface area contributed by atoms with E-state index >= 15 is 0 Å². The third-order valence-electron chi connectivity index (χ3n) is 1.12. The van der Waals surface area contributed by atoms with E-state index in [1.807, 2.05) is 37.3 Å². The summed E-state index contributed by atoms with van der Waals surface area (Å²) in [5.74, 6) is 0. The van der Waals surface area contributed by atoms with Gasteiger partial charge in [0.15, 0.2) is 0 Å². The zero-order valence-electron chi connectivity index (χ0n) is 6.50. The highest BCUT2D eigenvalue weighted by Crippen LogP contribution is 2.16. The predicted molar refractivity (Wildman–Crippen MR) is 52.5 cm³/mol. The average Bonchev–Trinajstić information content (AvgIpc) is 2.03. The minimum atomic E-state index is 1.06. The molecule has 0 atom stereocenters. The third kappa shape index (κ3) is 3.14. The summed E-state index contributed by atoms with van der Waals surface area (Å²) in [6.07, 6.45) is 0. The van der Waals surface area contributed by atoms with Gasteiger partial charge in [-0.05, 0) is 35.9 Å². The highest BCUT2D eigenvalue weighted by molar-refractivity contribution is 8.04. The maximum atomic E-state index is 3.77. The maximum absolute atomic E-state index is 3.77. The number of anilines is 1. The fourth-order valence-corrected chi connectivity index (χ4v) is 1.08. The van der Waals surface area contributed by atoms with Crippen LogP contribution in [0, 0.1) is 0 Å². The third-order valence-corrected chi connectivity index (χ3v) is 1.80. The molecule has 0 bridgehead atoms. The van der Waals surface area contributed by atoms with Crippen LogP contribution in [0.4, 0.5) is 5.69 Å². The van der Waals surface area contributed by atoms with E-state index in [4.69, 9.17) is 0 Å². The van der Waals surface area contributed by atoms with Gasteiger partial charge in [-0.15, -0.1) is 0 Å². The van der Waals surface area contributed by atoms with Gasteiger partial charge in [-0.1, -0.05) is 24.8 Å². The van der Waals surface area contributed by atoms with E-state index in [-0.39, 0.29) is 0 Å². The Bertz CT molecular complexity index is 231. The van der Waals surface area contributed by atoms with Crippen molar-refractivity contribution >= 4 is 17.6 Å². The van der Waals surface area contributed by atoms with Gasteiger partial charge in [-0.2, -0.15) is 0 Å². The van der Waals surface area contributed by atoms with Gasteiger partial charge in [0.1, 0.15) is 0 Å². The minimum absolute atomic E-state index is 1.06. The Balaban J connectivity index is 2.45. The Morgan fingerprint density at radius 2 is 2.00 bits per heavy atom. The van der Waals surface area contributed by atoms with E-state index in [9.17, 15) is 0 Å². The fourth-order valence-electron chi connectivity index (χ4n) is 0.652. The van der Waals surface area contributed by atoms with E-state index in [0.29, 0.717) is 0 Å². The molecule has 0 aliphatic heterocycles. The molecule has 1 N–H and O–H groups in total. The second-order valence-corrected chi connectivity index (χ2v) is 3.38. The van der Waals surface area contributed by atoms with Crippen molar-refractivity contribution < 1.29 is 0 Å². The monoisotopic (exact) mass is 165 g/mol. The van der Waals surface area contributed by atoms with Crippen LogP contribution in [0.2, 0.25) is 0 Å². The molecule has 11 heavy (non-hydrogen) atoms. The van der Waals surface area contributed by atoms with E-state index < -0.39 is 0 Å². The lowest BCUT2D eigenvalue weighted by atomic mass is 10.3. The highest BCUT2D eigenvalue weighted by atomic mass is 32.2. The van der Waals surface area contributed by atoms with Gasteiger partial charge in [-0.25, -0.2) is 0 Å². The van der Waals surface area contributed by atoms with Crippen LogP contribution >= 0.6 is 11.9 Å². The van der Waals surface area contributed by atoms with Crippen LogP contribution in [-0.4, -0.2) is 0 Å². The molecule has 0 heterocycles. The predicted octanol–water partition coefficient (Wildman–Crippen LogP) is 3.28. The van der Waals surface area contributed by atoms with E-state index in [2.05, 4.69) is 11.3 Å². The van der Waals surface area contributed by atoms with Crippen molar-refractivity contribution in [3.8, 4) is 0 Å². The van der Waals surface area contributed by atoms with Crippen LogP contribution in [0.3, 0.4) is 0 Å². The number of rotatable bonds is 3.